The van der Waals surface area contributed by atoms with E-state index in [0.717, 1.165) is 19.6 Å². The zero-order valence-electron chi connectivity index (χ0n) is 15.0. The Kier molecular flexibility index (Phi) is 6.01. The van der Waals surface area contributed by atoms with Crippen LogP contribution < -0.4 is 15.6 Å². The van der Waals surface area contributed by atoms with Crippen molar-refractivity contribution < 1.29 is 9.53 Å². The first-order chi connectivity index (χ1) is 12.7. The predicted octanol–water partition coefficient (Wildman–Crippen LogP) is 1.99. The molecule has 0 aliphatic carbocycles. The summed E-state index contributed by atoms with van der Waals surface area (Å²) in [5, 5.41) is 7.01. The van der Waals surface area contributed by atoms with Crippen LogP contribution in [0.15, 0.2) is 41.2 Å². The highest BCUT2D eigenvalue weighted by Crippen LogP contribution is 2.15. The van der Waals surface area contributed by atoms with E-state index >= 15 is 0 Å². The highest BCUT2D eigenvalue weighted by molar-refractivity contribution is 6.02. The maximum Gasteiger partial charge on any atom is 0.276 e. The number of ether oxygens (including phenoxy) is 1. The Morgan fingerprint density at radius 3 is 2.50 bits per heavy atom. The number of hydrogen-bond donors (Lipinski definition) is 1. The van der Waals surface area contributed by atoms with Crippen molar-refractivity contribution in [1.29, 1.82) is 0 Å². The van der Waals surface area contributed by atoms with E-state index in [0.29, 0.717) is 18.0 Å². The van der Waals surface area contributed by atoms with Crippen LogP contribution in [0, 0.1) is 0 Å². The molecule has 3 rings (SSSR count). The zero-order valence-corrected chi connectivity index (χ0v) is 15.0. The number of rotatable bonds is 6. The molecule has 26 heavy (non-hydrogen) atoms. The third kappa shape index (κ3) is 4.70. The number of nitrogens with one attached hydrogen (secondary N) is 1. The van der Waals surface area contributed by atoms with Crippen LogP contribution in [-0.4, -0.2) is 47.3 Å². The lowest BCUT2D eigenvalue weighted by Gasteiger charge is -2.26. The molecular formula is C19H24N4O3. The Labute approximate surface area is 152 Å². The van der Waals surface area contributed by atoms with Gasteiger partial charge < -0.3 is 15.0 Å². The first-order valence-corrected chi connectivity index (χ1v) is 8.91. The minimum atomic E-state index is -0.345. The molecule has 138 valence electrons. The Balaban J connectivity index is 1.65. The molecule has 1 aliphatic heterocycles. The first-order valence-electron chi connectivity index (χ1n) is 8.91. The second kappa shape index (κ2) is 8.62. The van der Waals surface area contributed by atoms with Crippen molar-refractivity contribution in [3.63, 3.8) is 0 Å². The molecule has 1 fully saturated rings. The molecule has 0 saturated carbocycles. The van der Waals surface area contributed by atoms with E-state index in [2.05, 4.69) is 15.3 Å². The quantitative estimate of drug-likeness (QED) is 0.857. The van der Waals surface area contributed by atoms with Gasteiger partial charge in [0.05, 0.1) is 13.7 Å². The fourth-order valence-corrected chi connectivity index (χ4v) is 3.02. The van der Waals surface area contributed by atoms with Gasteiger partial charge in [-0.25, -0.2) is 4.68 Å². The van der Waals surface area contributed by atoms with E-state index in [-0.39, 0.29) is 17.2 Å². The number of piperidine rings is 1. The van der Waals surface area contributed by atoms with Gasteiger partial charge in [0.2, 0.25) is 0 Å². The summed E-state index contributed by atoms with van der Waals surface area (Å²) in [6, 6.07) is 9.89. The second-order valence-corrected chi connectivity index (χ2v) is 6.36. The molecule has 1 N–H and O–H groups in total. The van der Waals surface area contributed by atoms with Gasteiger partial charge in [-0.3, -0.25) is 9.59 Å². The second-order valence-electron chi connectivity index (χ2n) is 6.36. The SMILES string of the molecule is COc1ccc(NC(=O)c2ccc(=O)n(CCN3CCCCC3)n2)cc1. The molecular weight excluding hydrogens is 332 g/mol. The summed E-state index contributed by atoms with van der Waals surface area (Å²) in [5.74, 6) is 0.370. The van der Waals surface area contributed by atoms with Crippen molar-refractivity contribution in [2.75, 3.05) is 32.1 Å². The van der Waals surface area contributed by atoms with Crippen LogP contribution in [-0.2, 0) is 6.54 Å². The number of amides is 1. The molecule has 0 unspecified atom stereocenters. The summed E-state index contributed by atoms with van der Waals surface area (Å²) in [6.45, 7) is 3.39. The summed E-state index contributed by atoms with van der Waals surface area (Å²) in [7, 11) is 1.59. The van der Waals surface area contributed by atoms with Crippen molar-refractivity contribution in [3.8, 4) is 5.75 Å². The van der Waals surface area contributed by atoms with Gasteiger partial charge in [-0.1, -0.05) is 6.42 Å². The van der Waals surface area contributed by atoms with Gasteiger partial charge in [-0.15, -0.1) is 0 Å². The number of hydrogen-bond acceptors (Lipinski definition) is 5. The largest absolute Gasteiger partial charge is 0.497 e. The maximum atomic E-state index is 12.4. The highest BCUT2D eigenvalue weighted by atomic mass is 16.5. The van der Waals surface area contributed by atoms with E-state index in [1.807, 2.05) is 0 Å². The molecule has 7 nitrogen and oxygen atoms in total. The fourth-order valence-electron chi connectivity index (χ4n) is 3.02. The van der Waals surface area contributed by atoms with Gasteiger partial charge in [-0.2, -0.15) is 5.10 Å². The van der Waals surface area contributed by atoms with Crippen LogP contribution >= 0.6 is 0 Å². The molecule has 1 amide bonds. The Hall–Kier alpha value is -2.67. The van der Waals surface area contributed by atoms with Crippen LogP contribution in [0.5, 0.6) is 5.75 Å². The van der Waals surface area contributed by atoms with Crippen molar-refractivity contribution in [3.05, 3.63) is 52.4 Å². The fraction of sp³-hybridized carbons (Fsp3) is 0.421. The predicted molar refractivity (Wildman–Crippen MR) is 99.7 cm³/mol. The van der Waals surface area contributed by atoms with Crippen molar-refractivity contribution in [1.82, 2.24) is 14.7 Å². The lowest BCUT2D eigenvalue weighted by molar-refractivity contribution is 0.101. The maximum absolute atomic E-state index is 12.4. The number of benzene rings is 1. The van der Waals surface area contributed by atoms with Gasteiger partial charge in [-0.05, 0) is 56.3 Å². The number of nitrogens with zero attached hydrogens (tertiary/aromatic N) is 3. The average Bonchev–Trinajstić information content (AvgIpc) is 2.68. The summed E-state index contributed by atoms with van der Waals surface area (Å²) in [4.78, 5) is 26.8. The molecule has 0 bridgehead atoms. The smallest absolute Gasteiger partial charge is 0.276 e. The standard InChI is InChI=1S/C19H24N4O3/c1-26-16-7-5-15(6-8-16)20-19(25)17-9-10-18(24)23(21-17)14-13-22-11-3-2-4-12-22/h5-10H,2-4,11-14H2,1H3,(H,20,25). The minimum Gasteiger partial charge on any atom is -0.497 e. The van der Waals surface area contributed by atoms with Crippen molar-refractivity contribution in [2.45, 2.75) is 25.8 Å². The van der Waals surface area contributed by atoms with E-state index in [9.17, 15) is 9.59 Å². The average molecular weight is 356 g/mol. The third-order valence-corrected chi connectivity index (χ3v) is 4.52. The Bertz CT molecular complexity index is 795. The van der Waals surface area contributed by atoms with Crippen LogP contribution in [0.2, 0.25) is 0 Å². The van der Waals surface area contributed by atoms with E-state index < -0.39 is 0 Å². The van der Waals surface area contributed by atoms with Crippen molar-refractivity contribution in [2.24, 2.45) is 0 Å². The molecule has 0 spiro atoms. The topological polar surface area (TPSA) is 76.5 Å². The zero-order chi connectivity index (χ0) is 18.4. The van der Waals surface area contributed by atoms with Crippen LogP contribution in [0.3, 0.4) is 0 Å². The monoisotopic (exact) mass is 356 g/mol. The molecule has 2 heterocycles. The number of anilines is 1. The molecule has 2 aromatic rings. The number of carbonyl (C=O) groups excluding carboxylic acids is 1. The highest BCUT2D eigenvalue weighted by Gasteiger charge is 2.13. The molecule has 0 radical (unpaired) electrons. The van der Waals surface area contributed by atoms with Gasteiger partial charge in [0.1, 0.15) is 11.4 Å². The number of carbonyl (C=O) groups is 1. The lowest BCUT2D eigenvalue weighted by atomic mass is 10.1. The molecule has 1 aliphatic rings. The molecule has 1 aromatic carbocycles. The normalized spacial score (nSPS) is 14.8. The Morgan fingerprint density at radius 1 is 1.08 bits per heavy atom. The summed E-state index contributed by atoms with van der Waals surface area (Å²) >= 11 is 0. The third-order valence-electron chi connectivity index (χ3n) is 4.52. The first kappa shape index (κ1) is 18.1. The summed E-state index contributed by atoms with van der Waals surface area (Å²) < 4.78 is 6.47. The molecule has 1 aromatic heterocycles. The summed E-state index contributed by atoms with van der Waals surface area (Å²) in [5.41, 5.74) is 0.672. The number of aromatic nitrogens is 2. The minimum absolute atomic E-state index is 0.192. The van der Waals surface area contributed by atoms with Gasteiger partial charge in [0.25, 0.3) is 11.5 Å². The van der Waals surface area contributed by atoms with E-state index in [4.69, 9.17) is 4.74 Å². The van der Waals surface area contributed by atoms with Crippen LogP contribution in [0.4, 0.5) is 5.69 Å². The lowest BCUT2D eigenvalue weighted by Crippen LogP contribution is -2.36. The van der Waals surface area contributed by atoms with Gasteiger partial charge >= 0.3 is 0 Å². The van der Waals surface area contributed by atoms with E-state index in [1.165, 1.54) is 36.1 Å². The van der Waals surface area contributed by atoms with Crippen molar-refractivity contribution >= 4 is 11.6 Å². The Morgan fingerprint density at radius 2 is 1.81 bits per heavy atom. The van der Waals surface area contributed by atoms with Gasteiger partial charge in [0, 0.05) is 18.3 Å². The van der Waals surface area contributed by atoms with Crippen LogP contribution in [0.1, 0.15) is 29.8 Å². The molecule has 1 saturated heterocycles. The van der Waals surface area contributed by atoms with Gasteiger partial charge in [0.15, 0.2) is 0 Å². The van der Waals surface area contributed by atoms with E-state index in [1.54, 1.807) is 31.4 Å². The van der Waals surface area contributed by atoms with Crippen LogP contribution in [0.25, 0.3) is 0 Å². The molecule has 7 heteroatoms. The summed E-state index contributed by atoms with van der Waals surface area (Å²) in [6.07, 6.45) is 3.68. The number of likely N-dealkylation sites (tertiary alicyclic amines) is 1. The number of methoxy groups -OCH3 is 1. The molecule has 0 atom stereocenters.